The average molecular weight is 514 g/mol. The Bertz CT molecular complexity index is 627. The van der Waals surface area contributed by atoms with Crippen molar-refractivity contribution in [2.24, 2.45) is 0 Å². The first-order valence-corrected chi connectivity index (χ1v) is 5.65. The monoisotopic (exact) mass is 515 g/mol. The van der Waals surface area contributed by atoms with Gasteiger partial charge in [-0.2, -0.15) is 30.3 Å². The van der Waals surface area contributed by atoms with E-state index in [4.69, 9.17) is 0 Å². The minimum Gasteiger partial charge on any atom is -0.375 e. The number of nitrogens with zero attached hydrogens (tertiary/aromatic N) is 2. The third-order valence-corrected chi connectivity index (χ3v) is 3.19. The molecule has 2 aliphatic heterocycles. The molecule has 0 saturated heterocycles. The molecule has 0 atom stereocenters. The maximum absolute atomic E-state index is 3.31. The number of benzene rings is 2. The van der Waals surface area contributed by atoms with Crippen molar-refractivity contribution in [2.45, 2.75) is 0 Å². The average Bonchev–Trinajstić information content (AvgIpc) is 2.89. The molecule has 20 heavy (non-hydrogen) atoms. The molecule has 0 fully saturated rings. The normalized spacial score (nSPS) is 12.8. The molecule has 2 heterocycles. The molecular weight excluding hydrogens is 501 g/mol. The Morgan fingerprint density at radius 3 is 2.60 bits per heavy atom. The van der Waals surface area contributed by atoms with Crippen LogP contribution in [0.2, 0.25) is 0 Å². The van der Waals surface area contributed by atoms with Crippen molar-refractivity contribution >= 4 is 11.4 Å². The van der Waals surface area contributed by atoms with Gasteiger partial charge in [0.15, 0.2) is 0 Å². The number of hydrogen-bond donors (Lipinski definition) is 0. The van der Waals surface area contributed by atoms with E-state index in [9.17, 15) is 0 Å². The second-order valence-corrected chi connectivity index (χ2v) is 4.13. The molecule has 1 radical (unpaired) electrons. The van der Waals surface area contributed by atoms with Gasteiger partial charge in [-0.1, -0.05) is 23.9 Å². The van der Waals surface area contributed by atoms with Crippen LogP contribution in [0.15, 0.2) is 54.7 Å². The van der Waals surface area contributed by atoms with Crippen LogP contribution in [0, 0.1) is 20.0 Å². The third kappa shape index (κ3) is 2.49. The minimum atomic E-state index is 0. The Balaban J connectivity index is 0.000000667. The van der Waals surface area contributed by atoms with Gasteiger partial charge in [0, 0.05) is 38.4 Å². The molecule has 2 aliphatic rings. The Kier molecular flexibility index (Phi) is 6.03. The Labute approximate surface area is 159 Å². The first-order valence-electron chi connectivity index (χ1n) is 5.65. The van der Waals surface area contributed by atoms with Crippen molar-refractivity contribution < 1.29 is 52.8 Å². The van der Waals surface area contributed by atoms with Gasteiger partial charge in [-0.3, -0.25) is 0 Å². The molecule has 2 aromatic rings. The van der Waals surface area contributed by atoms with Gasteiger partial charge in [0.25, 0.3) is 0 Å². The summed E-state index contributed by atoms with van der Waals surface area (Å²) in [7, 11) is 0. The van der Waals surface area contributed by atoms with Crippen molar-refractivity contribution in [3.63, 3.8) is 0 Å². The van der Waals surface area contributed by atoms with Crippen LogP contribution in [0.25, 0.3) is 11.1 Å². The van der Waals surface area contributed by atoms with E-state index < -0.39 is 0 Å². The van der Waals surface area contributed by atoms with Crippen LogP contribution < -0.4 is 10.0 Å². The summed E-state index contributed by atoms with van der Waals surface area (Å²) in [5.41, 5.74) is 4.82. The number of hydrogen-bond acceptors (Lipinski definition) is 2. The van der Waals surface area contributed by atoms with Crippen LogP contribution in [-0.4, -0.2) is 0 Å². The molecule has 0 aliphatic carbocycles. The first kappa shape index (κ1) is 17.5. The van der Waals surface area contributed by atoms with Crippen molar-refractivity contribution in [1.29, 1.82) is 0 Å². The van der Waals surface area contributed by atoms with Crippen LogP contribution in [0.4, 0.5) is 11.4 Å². The zero-order valence-corrected chi connectivity index (χ0v) is 16.3. The van der Waals surface area contributed by atoms with E-state index in [2.05, 4.69) is 59.2 Å². The largest absolute Gasteiger partial charge is 3.00 e. The van der Waals surface area contributed by atoms with Gasteiger partial charge in [0.05, 0.1) is 0 Å². The fourth-order valence-corrected chi connectivity index (χ4v) is 2.46. The number of fused-ring (bicyclic) bond motifs is 6. The first-order chi connectivity index (χ1) is 8.45. The van der Waals surface area contributed by atoms with E-state index in [0.29, 0.717) is 0 Å². The van der Waals surface area contributed by atoms with Crippen molar-refractivity contribution in [1.82, 2.24) is 0 Å². The summed E-state index contributed by atoms with van der Waals surface area (Å²) >= 11 is 0. The van der Waals surface area contributed by atoms with Gasteiger partial charge in [-0.05, 0) is 11.6 Å². The summed E-state index contributed by atoms with van der Waals surface area (Å²) in [4.78, 5) is 0. The Hall–Kier alpha value is -0.597. The summed E-state index contributed by atoms with van der Waals surface area (Å²) in [6.45, 7) is 2.06. The molecule has 0 saturated carbocycles. The van der Waals surface area contributed by atoms with E-state index in [1.807, 2.05) is 18.2 Å². The zero-order valence-electron chi connectivity index (χ0n) is 11.1. The maximum atomic E-state index is 3.31. The molecule has 4 rings (SSSR count). The van der Waals surface area contributed by atoms with Gasteiger partial charge in [0.1, 0.15) is 0 Å². The minimum absolute atomic E-state index is 0. The van der Waals surface area contributed by atoms with Crippen LogP contribution in [0.3, 0.4) is 0 Å². The van der Waals surface area contributed by atoms with Gasteiger partial charge in [-0.15, -0.1) is 18.3 Å². The zero-order chi connectivity index (χ0) is 11.2. The molecule has 0 aromatic heterocycles. The van der Waals surface area contributed by atoms with Crippen LogP contribution in [-0.2, 0) is 52.8 Å². The number of anilines is 2. The molecule has 2 aromatic carbocycles. The maximum Gasteiger partial charge on any atom is 3.00 e. The predicted octanol–water partition coefficient (Wildman–Crippen LogP) is 3.83. The summed E-state index contributed by atoms with van der Waals surface area (Å²) in [5.74, 6) is 0. The van der Waals surface area contributed by atoms with Crippen molar-refractivity contribution in [2.75, 3.05) is 10.0 Å². The number of hydrazine groups is 1. The summed E-state index contributed by atoms with van der Waals surface area (Å²) in [6, 6.07) is 17.9. The van der Waals surface area contributed by atoms with E-state index in [-0.39, 0.29) is 60.2 Å². The van der Waals surface area contributed by atoms with E-state index in [0.717, 1.165) is 5.69 Å². The fraction of sp³-hybridized carbons (Fsp3) is 0. The number of para-hydroxylation sites is 2. The molecule has 0 unspecified atom stereocenters. The standard InChI is InChI=1S/C15H10N2.CH3.Ir.Y/c1-3-8-14-12(6-1)13-7-2-4-9-15(13)17-11-5-10-16(14)17;;;/h1-8,10-11H;1H3;;/q-2;-1;+3;. The summed E-state index contributed by atoms with van der Waals surface area (Å²) in [5, 5.41) is 4.27. The van der Waals surface area contributed by atoms with Crippen LogP contribution >= 0.6 is 0 Å². The van der Waals surface area contributed by atoms with E-state index in [1.54, 1.807) is 0 Å². The predicted molar refractivity (Wildman–Crippen MR) is 75.5 cm³/mol. The number of rotatable bonds is 0. The van der Waals surface area contributed by atoms with E-state index >= 15 is 0 Å². The Morgan fingerprint density at radius 1 is 1.00 bits per heavy atom. The topological polar surface area (TPSA) is 6.48 Å². The molecule has 99 valence electrons. The molecule has 0 amide bonds. The fourth-order valence-electron chi connectivity index (χ4n) is 2.46. The molecule has 0 spiro atoms. The van der Waals surface area contributed by atoms with Gasteiger partial charge >= 0.3 is 20.1 Å². The van der Waals surface area contributed by atoms with Gasteiger partial charge < -0.3 is 17.4 Å². The van der Waals surface area contributed by atoms with Crippen LogP contribution in [0.1, 0.15) is 0 Å². The third-order valence-electron chi connectivity index (χ3n) is 3.19. The molecule has 0 bridgehead atoms. The second kappa shape index (κ2) is 6.91. The molecule has 2 nitrogen and oxygen atoms in total. The van der Waals surface area contributed by atoms with Crippen molar-refractivity contribution in [3.05, 3.63) is 74.8 Å². The molecular formula is C16H13IrN2Y. The Morgan fingerprint density at radius 2 is 1.75 bits per heavy atom. The second-order valence-electron chi connectivity index (χ2n) is 4.13. The van der Waals surface area contributed by atoms with Gasteiger partial charge in [0.2, 0.25) is 0 Å². The SMILES string of the molecule is [CH3-].[Ir+3].[Y].[c-]1cccc2c1N1[CH-]C=CN1c1ccccc1-2. The van der Waals surface area contributed by atoms with Gasteiger partial charge in [-0.25, -0.2) is 0 Å². The quantitative estimate of drug-likeness (QED) is 0.494. The molecule has 4 heteroatoms. The summed E-state index contributed by atoms with van der Waals surface area (Å²) < 4.78 is 0. The summed E-state index contributed by atoms with van der Waals surface area (Å²) in [6.07, 6.45) is 4.12. The van der Waals surface area contributed by atoms with Crippen molar-refractivity contribution in [3.8, 4) is 11.1 Å². The smallest absolute Gasteiger partial charge is 0.375 e. The molecule has 0 N–H and O–H groups in total. The van der Waals surface area contributed by atoms with E-state index in [1.165, 1.54) is 16.8 Å². The van der Waals surface area contributed by atoms with Crippen LogP contribution in [0.5, 0.6) is 0 Å².